The molecule has 0 atom stereocenters. The molecule has 0 aliphatic heterocycles. The molecule has 0 radical (unpaired) electrons. The molecule has 0 spiro atoms. The van der Waals surface area contributed by atoms with Crippen molar-refractivity contribution in [2.75, 3.05) is 31.4 Å². The molecule has 0 saturated carbocycles. The van der Waals surface area contributed by atoms with Gasteiger partial charge in [0, 0.05) is 43.6 Å². The van der Waals surface area contributed by atoms with Gasteiger partial charge in [0.1, 0.15) is 10.0 Å². The maximum Gasteiger partial charge on any atom is 0.124 e. The minimum Gasteiger partial charge on any atom is -0.392 e. The number of fused-ring (bicyclic) bond motifs is 2. The van der Waals surface area contributed by atoms with Crippen molar-refractivity contribution in [1.29, 1.82) is 0 Å². The molecular weight excluding hydrogens is 536 g/mol. The van der Waals surface area contributed by atoms with E-state index in [-0.39, 0.29) is 20.6 Å². The van der Waals surface area contributed by atoms with E-state index < -0.39 is 0 Å². The van der Waals surface area contributed by atoms with Gasteiger partial charge in [-0.25, -0.2) is 9.97 Å². The Morgan fingerprint density at radius 1 is 0.675 bits per heavy atom. The van der Waals surface area contributed by atoms with Crippen molar-refractivity contribution in [3.63, 3.8) is 0 Å². The lowest BCUT2D eigenvalue weighted by atomic mass is 10.2. The number of nitrogens with one attached hydrogen (secondary N) is 1. The fraction of sp³-hybridized carbons (Fsp3) is 0.188. The van der Waals surface area contributed by atoms with Gasteiger partial charge in [0.25, 0.3) is 0 Å². The SMILES string of the molecule is C.CN([11CH3])c1ccc(-c2nc3ccc(CO)cc3s2)cc1.CNc1ccc(-c2nc3ccc(CO)cc3s2)cc1. The number of rotatable bonds is 6. The first kappa shape index (κ1) is 29.2. The number of nitrogens with zero attached hydrogens (tertiary/aromatic N) is 3. The number of benzene rings is 4. The van der Waals surface area contributed by atoms with Gasteiger partial charge in [-0.15, -0.1) is 22.7 Å². The third-order valence-corrected chi connectivity index (χ3v) is 8.46. The fourth-order valence-corrected chi connectivity index (χ4v) is 6.13. The largest absolute Gasteiger partial charge is 0.392 e. The molecule has 3 N–H and O–H groups in total. The van der Waals surface area contributed by atoms with Gasteiger partial charge in [0.15, 0.2) is 0 Å². The molecule has 0 aliphatic rings. The molecule has 2 aromatic heterocycles. The van der Waals surface area contributed by atoms with Gasteiger partial charge in [-0.1, -0.05) is 19.6 Å². The molecule has 0 fully saturated rings. The smallest absolute Gasteiger partial charge is 0.124 e. The predicted molar refractivity (Wildman–Crippen MR) is 173 cm³/mol. The Labute approximate surface area is 243 Å². The van der Waals surface area contributed by atoms with Gasteiger partial charge in [0.05, 0.1) is 33.6 Å². The molecule has 6 nitrogen and oxygen atoms in total. The van der Waals surface area contributed by atoms with Gasteiger partial charge >= 0.3 is 0 Å². The summed E-state index contributed by atoms with van der Waals surface area (Å²) in [5, 5.41) is 23.5. The summed E-state index contributed by atoms with van der Waals surface area (Å²) in [6, 6.07) is 28.4. The summed E-state index contributed by atoms with van der Waals surface area (Å²) in [7, 11) is 5.97. The first-order valence-corrected chi connectivity index (χ1v) is 14.2. The van der Waals surface area contributed by atoms with E-state index in [4.69, 9.17) is 5.11 Å². The number of hydrogen-bond acceptors (Lipinski definition) is 8. The summed E-state index contributed by atoms with van der Waals surface area (Å²) in [6.07, 6.45) is 0. The van der Waals surface area contributed by atoms with Gasteiger partial charge in [0.2, 0.25) is 0 Å². The zero-order chi connectivity index (χ0) is 27.4. The Bertz CT molecular complexity index is 1690. The number of hydrogen-bond donors (Lipinski definition) is 3. The van der Waals surface area contributed by atoms with E-state index in [9.17, 15) is 5.11 Å². The van der Waals surface area contributed by atoms with Crippen LogP contribution in [0.25, 0.3) is 41.6 Å². The van der Waals surface area contributed by atoms with E-state index in [1.54, 1.807) is 22.7 Å². The lowest BCUT2D eigenvalue weighted by Crippen LogP contribution is -2.07. The molecular formula is C32H34N4O2S2. The van der Waals surface area contributed by atoms with Crippen LogP contribution in [-0.4, -0.2) is 41.3 Å². The van der Waals surface area contributed by atoms with Crippen LogP contribution in [0, 0.1) is 0 Å². The van der Waals surface area contributed by atoms with Crippen molar-refractivity contribution in [3.8, 4) is 21.1 Å². The summed E-state index contributed by atoms with van der Waals surface area (Å²) in [4.78, 5) is 11.4. The molecule has 8 heteroatoms. The van der Waals surface area contributed by atoms with Crippen LogP contribution in [-0.2, 0) is 13.2 Å². The van der Waals surface area contributed by atoms with E-state index in [2.05, 4.69) is 56.6 Å². The van der Waals surface area contributed by atoms with Gasteiger partial charge in [-0.3, -0.25) is 0 Å². The molecule has 2 heterocycles. The standard InChI is InChI=1S/C16H16N2OS.C15H14N2OS.CH4/c1-18(2)13-6-4-12(5-7-13)16-17-14-8-3-11(10-19)9-15(14)20-16;1-16-12-5-3-11(4-6-12)15-17-13-7-2-10(9-18)8-14(13)19-15;/h3-9,19H,10H2,1-2H3;2-8,16,18H,9H2,1H3;1H4/i1-1;;. The van der Waals surface area contributed by atoms with E-state index in [1.807, 2.05) is 69.7 Å². The predicted octanol–water partition coefficient (Wildman–Crippen LogP) is 7.66. The molecule has 6 aromatic rings. The fourth-order valence-electron chi connectivity index (χ4n) is 4.06. The highest BCUT2D eigenvalue weighted by molar-refractivity contribution is 7.22. The van der Waals surface area contributed by atoms with Crippen LogP contribution in [0.4, 0.5) is 11.4 Å². The van der Waals surface area contributed by atoms with Crippen molar-refractivity contribution >= 4 is 54.5 Å². The first-order chi connectivity index (χ1) is 19.0. The monoisotopic (exact) mass is 569 g/mol. The van der Waals surface area contributed by atoms with E-state index >= 15 is 0 Å². The molecule has 0 unspecified atom stereocenters. The normalized spacial score (nSPS) is 10.6. The van der Waals surface area contributed by atoms with Crippen LogP contribution < -0.4 is 10.2 Å². The van der Waals surface area contributed by atoms with Gasteiger partial charge in [-0.2, -0.15) is 0 Å². The average Bonchev–Trinajstić information content (AvgIpc) is 3.61. The van der Waals surface area contributed by atoms with Crippen LogP contribution in [0.3, 0.4) is 0 Å². The number of thiazole rings is 2. The summed E-state index contributed by atoms with van der Waals surface area (Å²) < 4.78 is 2.22. The van der Waals surface area contributed by atoms with Crippen molar-refractivity contribution in [2.24, 2.45) is 0 Å². The van der Waals surface area contributed by atoms with E-state index in [0.29, 0.717) is 0 Å². The number of aliphatic hydroxyl groups excluding tert-OH is 2. The van der Waals surface area contributed by atoms with Crippen LogP contribution in [0.2, 0.25) is 0 Å². The Morgan fingerprint density at radius 3 is 1.52 bits per heavy atom. The maximum atomic E-state index is 9.18. The average molecular weight is 570 g/mol. The highest BCUT2D eigenvalue weighted by Gasteiger charge is 2.08. The third-order valence-electron chi connectivity index (χ3n) is 6.32. The molecule has 206 valence electrons. The van der Waals surface area contributed by atoms with Crippen molar-refractivity contribution in [2.45, 2.75) is 20.6 Å². The Kier molecular flexibility index (Phi) is 9.50. The molecule has 0 saturated heterocycles. The number of aromatic nitrogens is 2. The topological polar surface area (TPSA) is 81.5 Å². The van der Waals surface area contributed by atoms with Crippen LogP contribution in [0.5, 0.6) is 0 Å². The third kappa shape index (κ3) is 6.48. The minimum absolute atomic E-state index is 0. The Morgan fingerprint density at radius 2 is 1.12 bits per heavy atom. The first-order valence-electron chi connectivity index (χ1n) is 12.5. The second kappa shape index (κ2) is 13.0. The molecule has 40 heavy (non-hydrogen) atoms. The van der Waals surface area contributed by atoms with Crippen LogP contribution >= 0.6 is 22.7 Å². The second-order valence-electron chi connectivity index (χ2n) is 9.23. The van der Waals surface area contributed by atoms with Crippen LogP contribution in [0.1, 0.15) is 18.6 Å². The van der Waals surface area contributed by atoms with E-state index in [0.717, 1.165) is 58.4 Å². The molecule has 6 rings (SSSR count). The molecule has 0 bridgehead atoms. The highest BCUT2D eigenvalue weighted by atomic mass is 32.1. The minimum atomic E-state index is 0. The molecule has 0 aliphatic carbocycles. The maximum absolute atomic E-state index is 9.18. The summed E-state index contributed by atoms with van der Waals surface area (Å²) in [5.41, 5.74) is 8.33. The van der Waals surface area contributed by atoms with Crippen molar-refractivity contribution < 1.29 is 10.2 Å². The highest BCUT2D eigenvalue weighted by Crippen LogP contribution is 2.32. The van der Waals surface area contributed by atoms with Crippen LogP contribution in [0.15, 0.2) is 84.9 Å². The quantitative estimate of drug-likeness (QED) is 0.191. The lowest BCUT2D eigenvalue weighted by Gasteiger charge is -2.11. The second-order valence-corrected chi connectivity index (χ2v) is 11.3. The van der Waals surface area contributed by atoms with Gasteiger partial charge in [-0.05, 0) is 83.9 Å². The number of aliphatic hydroxyl groups is 2. The molecule has 4 aromatic carbocycles. The lowest BCUT2D eigenvalue weighted by molar-refractivity contribution is 0.282. The zero-order valence-electron chi connectivity index (χ0n) is 22.0. The Hall–Kier alpha value is -3.82. The number of anilines is 2. The Balaban J connectivity index is 0.000000181. The summed E-state index contributed by atoms with van der Waals surface area (Å²) in [6.45, 7) is 0.140. The van der Waals surface area contributed by atoms with Crippen molar-refractivity contribution in [3.05, 3.63) is 96.1 Å². The molecule has 0 amide bonds. The van der Waals surface area contributed by atoms with Crippen molar-refractivity contribution in [1.82, 2.24) is 9.97 Å². The zero-order valence-corrected chi connectivity index (χ0v) is 23.7. The van der Waals surface area contributed by atoms with E-state index in [1.165, 1.54) is 5.69 Å². The summed E-state index contributed by atoms with van der Waals surface area (Å²) in [5.74, 6) is 0. The summed E-state index contributed by atoms with van der Waals surface area (Å²) >= 11 is 3.31. The van der Waals surface area contributed by atoms with Gasteiger partial charge < -0.3 is 20.4 Å².